The van der Waals surface area contributed by atoms with Gasteiger partial charge in [0.1, 0.15) is 22.0 Å². The Morgan fingerprint density at radius 2 is 2.20 bits per heavy atom. The number of rotatable bonds is 4. The van der Waals surface area contributed by atoms with E-state index in [1.165, 1.54) is 6.07 Å². The lowest BCUT2D eigenvalue weighted by Gasteiger charge is -2.08. The molecule has 0 saturated carbocycles. The molecule has 8 heteroatoms. The molecule has 6 nitrogen and oxygen atoms in total. The SMILES string of the molecule is Cc1cc(Cl)nc(COc2cccc([N+](=O)[O-])c2Br)n1. The standard InChI is InChI=1S/C12H9BrClN3O3/c1-7-5-10(14)16-11(15-7)6-20-9-4-2-3-8(12(9)13)17(18)19/h2-5H,6H2,1H3. The van der Waals surface area contributed by atoms with E-state index in [1.807, 2.05) is 0 Å². The molecule has 20 heavy (non-hydrogen) atoms. The van der Waals surface area contributed by atoms with Crippen molar-refractivity contribution in [1.82, 2.24) is 9.97 Å². The van der Waals surface area contributed by atoms with Gasteiger partial charge in [-0.1, -0.05) is 17.7 Å². The maximum atomic E-state index is 10.8. The normalized spacial score (nSPS) is 10.3. The van der Waals surface area contributed by atoms with Crippen LogP contribution in [0.4, 0.5) is 5.69 Å². The maximum Gasteiger partial charge on any atom is 0.287 e. The summed E-state index contributed by atoms with van der Waals surface area (Å²) < 4.78 is 5.77. The smallest absolute Gasteiger partial charge is 0.287 e. The van der Waals surface area contributed by atoms with Gasteiger partial charge in [-0.15, -0.1) is 0 Å². The van der Waals surface area contributed by atoms with Gasteiger partial charge in [-0.05, 0) is 35.0 Å². The molecule has 0 radical (unpaired) electrons. The fourth-order valence-corrected chi connectivity index (χ4v) is 2.33. The molecule has 0 aliphatic rings. The van der Waals surface area contributed by atoms with Gasteiger partial charge in [0.15, 0.2) is 5.82 Å². The summed E-state index contributed by atoms with van der Waals surface area (Å²) in [5, 5.41) is 11.1. The van der Waals surface area contributed by atoms with Gasteiger partial charge in [0.05, 0.1) is 4.92 Å². The monoisotopic (exact) mass is 357 g/mol. The second-order valence-corrected chi connectivity index (χ2v) is 5.06. The molecule has 1 heterocycles. The van der Waals surface area contributed by atoms with Crippen LogP contribution < -0.4 is 4.74 Å². The predicted octanol–water partition coefficient (Wildman–Crippen LogP) is 3.69. The summed E-state index contributed by atoms with van der Waals surface area (Å²) in [6.07, 6.45) is 0. The molecule has 0 spiro atoms. The highest BCUT2D eigenvalue weighted by Gasteiger charge is 2.16. The Morgan fingerprint density at radius 1 is 1.45 bits per heavy atom. The summed E-state index contributed by atoms with van der Waals surface area (Å²) in [6, 6.07) is 6.18. The van der Waals surface area contributed by atoms with Crippen molar-refractivity contribution in [2.75, 3.05) is 0 Å². The van der Waals surface area contributed by atoms with E-state index in [0.717, 1.165) is 5.69 Å². The highest BCUT2D eigenvalue weighted by atomic mass is 79.9. The summed E-state index contributed by atoms with van der Waals surface area (Å²) in [5.74, 6) is 0.758. The second-order valence-electron chi connectivity index (χ2n) is 3.88. The number of nitro groups is 1. The van der Waals surface area contributed by atoms with E-state index < -0.39 is 4.92 Å². The molecule has 0 N–H and O–H groups in total. The topological polar surface area (TPSA) is 78.2 Å². The largest absolute Gasteiger partial charge is 0.484 e. The molecule has 0 aliphatic heterocycles. The lowest BCUT2D eigenvalue weighted by Crippen LogP contribution is -2.03. The number of benzene rings is 1. The molecule has 104 valence electrons. The molecule has 1 aromatic heterocycles. The van der Waals surface area contributed by atoms with Crippen molar-refractivity contribution in [3.8, 4) is 5.75 Å². The van der Waals surface area contributed by atoms with Crippen molar-refractivity contribution < 1.29 is 9.66 Å². The Bertz CT molecular complexity index is 646. The average molecular weight is 359 g/mol. The molecule has 0 unspecified atom stereocenters. The first-order chi connectivity index (χ1) is 9.47. The van der Waals surface area contributed by atoms with Gasteiger partial charge in [-0.25, -0.2) is 9.97 Å². The Kier molecular flexibility index (Phi) is 4.51. The average Bonchev–Trinajstić information content (AvgIpc) is 2.36. The lowest BCUT2D eigenvalue weighted by atomic mass is 10.3. The van der Waals surface area contributed by atoms with E-state index in [-0.39, 0.29) is 16.8 Å². The first-order valence-electron chi connectivity index (χ1n) is 5.53. The van der Waals surface area contributed by atoms with E-state index in [4.69, 9.17) is 16.3 Å². The van der Waals surface area contributed by atoms with Crippen LogP contribution in [0.5, 0.6) is 5.75 Å². The Balaban J connectivity index is 2.19. The van der Waals surface area contributed by atoms with Gasteiger partial charge in [-0.2, -0.15) is 0 Å². The Labute approximate surface area is 128 Å². The second kappa shape index (κ2) is 6.15. The number of halogens is 2. The number of nitrogens with zero attached hydrogens (tertiary/aromatic N) is 3. The third kappa shape index (κ3) is 3.43. The van der Waals surface area contributed by atoms with E-state index in [2.05, 4.69) is 25.9 Å². The van der Waals surface area contributed by atoms with E-state index >= 15 is 0 Å². The highest BCUT2D eigenvalue weighted by Crippen LogP contribution is 2.34. The van der Waals surface area contributed by atoms with Crippen LogP contribution in [-0.2, 0) is 6.61 Å². The summed E-state index contributed by atoms with van der Waals surface area (Å²) in [5.41, 5.74) is 0.660. The van der Waals surface area contributed by atoms with Crippen LogP contribution in [0, 0.1) is 17.0 Å². The van der Waals surface area contributed by atoms with Crippen molar-refractivity contribution in [3.05, 3.63) is 55.5 Å². The lowest BCUT2D eigenvalue weighted by molar-refractivity contribution is -0.385. The van der Waals surface area contributed by atoms with Gasteiger partial charge in [0, 0.05) is 11.8 Å². The Morgan fingerprint density at radius 3 is 2.85 bits per heavy atom. The van der Waals surface area contributed by atoms with E-state index in [0.29, 0.717) is 16.7 Å². The van der Waals surface area contributed by atoms with Gasteiger partial charge in [0.25, 0.3) is 5.69 Å². The fourth-order valence-electron chi connectivity index (χ4n) is 1.55. The third-order valence-electron chi connectivity index (χ3n) is 2.37. The predicted molar refractivity (Wildman–Crippen MR) is 76.9 cm³/mol. The minimum Gasteiger partial charge on any atom is -0.484 e. The Hall–Kier alpha value is -1.73. The zero-order valence-electron chi connectivity index (χ0n) is 10.3. The number of hydrogen-bond donors (Lipinski definition) is 0. The van der Waals surface area contributed by atoms with E-state index in [1.54, 1.807) is 25.1 Å². The number of aromatic nitrogens is 2. The summed E-state index contributed by atoms with van der Waals surface area (Å²) in [6.45, 7) is 1.86. The summed E-state index contributed by atoms with van der Waals surface area (Å²) >= 11 is 8.98. The molecule has 0 bridgehead atoms. The highest BCUT2D eigenvalue weighted by molar-refractivity contribution is 9.10. The number of ether oxygens (including phenoxy) is 1. The molecule has 0 aliphatic carbocycles. The van der Waals surface area contributed by atoms with Crippen LogP contribution in [-0.4, -0.2) is 14.9 Å². The van der Waals surface area contributed by atoms with Crippen molar-refractivity contribution in [3.63, 3.8) is 0 Å². The molecule has 0 atom stereocenters. The van der Waals surface area contributed by atoms with Gasteiger partial charge in [-0.3, -0.25) is 10.1 Å². The molecule has 1 aromatic carbocycles. The molecule has 0 fully saturated rings. The molecule has 0 amide bonds. The third-order valence-corrected chi connectivity index (χ3v) is 3.36. The first-order valence-corrected chi connectivity index (χ1v) is 6.70. The zero-order chi connectivity index (χ0) is 14.7. The van der Waals surface area contributed by atoms with Crippen molar-refractivity contribution in [2.24, 2.45) is 0 Å². The quantitative estimate of drug-likeness (QED) is 0.473. The molecular weight excluding hydrogens is 350 g/mol. The number of hydrogen-bond acceptors (Lipinski definition) is 5. The van der Waals surface area contributed by atoms with Crippen LogP contribution in [0.1, 0.15) is 11.5 Å². The summed E-state index contributed by atoms with van der Waals surface area (Å²) in [4.78, 5) is 18.5. The maximum absolute atomic E-state index is 10.8. The van der Waals surface area contributed by atoms with Crippen molar-refractivity contribution >= 4 is 33.2 Å². The fraction of sp³-hybridized carbons (Fsp3) is 0.167. The summed E-state index contributed by atoms with van der Waals surface area (Å²) in [7, 11) is 0. The molecule has 2 rings (SSSR count). The van der Waals surface area contributed by atoms with Gasteiger partial charge in [0.2, 0.25) is 0 Å². The van der Waals surface area contributed by atoms with Crippen molar-refractivity contribution in [1.29, 1.82) is 0 Å². The zero-order valence-corrected chi connectivity index (χ0v) is 12.7. The van der Waals surface area contributed by atoms with Crippen LogP contribution in [0.15, 0.2) is 28.7 Å². The van der Waals surface area contributed by atoms with Crippen molar-refractivity contribution in [2.45, 2.75) is 13.5 Å². The van der Waals surface area contributed by atoms with Crippen LogP contribution >= 0.6 is 27.5 Å². The van der Waals surface area contributed by atoms with Crippen LogP contribution in [0.25, 0.3) is 0 Å². The van der Waals surface area contributed by atoms with Crippen LogP contribution in [0.3, 0.4) is 0 Å². The van der Waals surface area contributed by atoms with E-state index in [9.17, 15) is 10.1 Å². The van der Waals surface area contributed by atoms with Gasteiger partial charge >= 0.3 is 0 Å². The molecule has 0 saturated heterocycles. The van der Waals surface area contributed by atoms with Gasteiger partial charge < -0.3 is 4.74 Å². The van der Waals surface area contributed by atoms with Crippen LogP contribution in [0.2, 0.25) is 5.15 Å². The molecular formula is C12H9BrClN3O3. The minimum atomic E-state index is -0.489. The minimum absolute atomic E-state index is 0.0642. The first kappa shape index (κ1) is 14.7. The number of aryl methyl sites for hydroxylation is 1. The number of nitro benzene ring substituents is 1. The molecule has 2 aromatic rings.